The molecule has 1 unspecified atom stereocenters. The van der Waals surface area contributed by atoms with Gasteiger partial charge < -0.3 is 9.88 Å². The minimum absolute atomic E-state index is 0.163. The summed E-state index contributed by atoms with van der Waals surface area (Å²) in [5.41, 5.74) is 1.27. The van der Waals surface area contributed by atoms with Crippen molar-refractivity contribution in [2.24, 2.45) is 7.05 Å². The van der Waals surface area contributed by atoms with E-state index in [9.17, 15) is 0 Å². The van der Waals surface area contributed by atoms with Crippen molar-refractivity contribution in [3.05, 3.63) is 48.0 Å². The Hall–Kier alpha value is -1.26. The molecule has 4 heteroatoms. The van der Waals surface area contributed by atoms with Crippen LogP contribution in [0.25, 0.3) is 0 Å². The summed E-state index contributed by atoms with van der Waals surface area (Å²) >= 11 is 1.87. The highest BCUT2D eigenvalue weighted by Crippen LogP contribution is 2.24. The number of rotatable bonds is 7. The van der Waals surface area contributed by atoms with Gasteiger partial charge in [0, 0.05) is 24.3 Å². The molecule has 0 aliphatic rings. The third-order valence-electron chi connectivity index (χ3n) is 3.24. The fraction of sp³-hybridized carbons (Fsp3) is 0.438. The second-order valence-electron chi connectivity index (χ2n) is 4.79. The van der Waals surface area contributed by atoms with Gasteiger partial charge in [-0.25, -0.2) is 4.98 Å². The number of imidazole rings is 1. The van der Waals surface area contributed by atoms with E-state index in [4.69, 9.17) is 0 Å². The Morgan fingerprint density at radius 1 is 1.25 bits per heavy atom. The van der Waals surface area contributed by atoms with Crippen LogP contribution in [-0.2, 0) is 7.05 Å². The SMILES string of the molecule is CCCNC(c1ccc(SCC)cc1)c1nccn1C. The predicted octanol–water partition coefficient (Wildman–Crippen LogP) is 3.62. The lowest BCUT2D eigenvalue weighted by Crippen LogP contribution is -2.25. The van der Waals surface area contributed by atoms with Crippen LogP contribution in [0.2, 0.25) is 0 Å². The average molecular weight is 289 g/mol. The number of hydrogen-bond donors (Lipinski definition) is 1. The van der Waals surface area contributed by atoms with Crippen LogP contribution < -0.4 is 5.32 Å². The number of nitrogens with zero attached hydrogens (tertiary/aromatic N) is 2. The van der Waals surface area contributed by atoms with Crippen LogP contribution in [-0.4, -0.2) is 21.8 Å². The molecule has 1 aromatic heterocycles. The van der Waals surface area contributed by atoms with E-state index in [1.54, 1.807) is 0 Å². The van der Waals surface area contributed by atoms with Gasteiger partial charge in [0.1, 0.15) is 5.82 Å². The molecule has 0 amide bonds. The smallest absolute Gasteiger partial charge is 0.130 e. The topological polar surface area (TPSA) is 29.9 Å². The Balaban J connectivity index is 2.24. The Bertz CT molecular complexity index is 519. The van der Waals surface area contributed by atoms with Crippen LogP contribution in [0.4, 0.5) is 0 Å². The van der Waals surface area contributed by atoms with Crippen molar-refractivity contribution in [2.45, 2.75) is 31.2 Å². The van der Waals surface area contributed by atoms with Gasteiger partial charge in [-0.1, -0.05) is 26.0 Å². The summed E-state index contributed by atoms with van der Waals surface area (Å²) < 4.78 is 2.09. The number of aryl methyl sites for hydroxylation is 1. The average Bonchev–Trinajstić information content (AvgIpc) is 2.88. The number of benzene rings is 1. The molecule has 0 spiro atoms. The van der Waals surface area contributed by atoms with Crippen LogP contribution in [0.3, 0.4) is 0 Å². The van der Waals surface area contributed by atoms with E-state index in [0.717, 1.165) is 24.5 Å². The highest BCUT2D eigenvalue weighted by atomic mass is 32.2. The van der Waals surface area contributed by atoms with E-state index >= 15 is 0 Å². The zero-order chi connectivity index (χ0) is 14.4. The number of thioether (sulfide) groups is 1. The Morgan fingerprint density at radius 2 is 2.00 bits per heavy atom. The first-order valence-corrected chi connectivity index (χ1v) is 8.18. The molecule has 0 fully saturated rings. The summed E-state index contributed by atoms with van der Waals surface area (Å²) in [6, 6.07) is 8.98. The first kappa shape index (κ1) is 15.1. The van der Waals surface area contributed by atoms with E-state index < -0.39 is 0 Å². The number of aromatic nitrogens is 2. The van der Waals surface area contributed by atoms with Crippen molar-refractivity contribution in [3.63, 3.8) is 0 Å². The van der Waals surface area contributed by atoms with Crippen molar-refractivity contribution >= 4 is 11.8 Å². The molecule has 0 aliphatic heterocycles. The summed E-state index contributed by atoms with van der Waals surface area (Å²) in [6.07, 6.45) is 4.97. The molecule has 1 atom stereocenters. The Labute approximate surface area is 125 Å². The molecule has 0 radical (unpaired) electrons. The minimum Gasteiger partial charge on any atom is -0.336 e. The number of hydrogen-bond acceptors (Lipinski definition) is 3. The van der Waals surface area contributed by atoms with Gasteiger partial charge in [0.25, 0.3) is 0 Å². The normalized spacial score (nSPS) is 12.6. The van der Waals surface area contributed by atoms with Gasteiger partial charge in [-0.3, -0.25) is 0 Å². The highest BCUT2D eigenvalue weighted by molar-refractivity contribution is 7.99. The first-order chi connectivity index (χ1) is 9.76. The standard InChI is InChI=1S/C16H23N3S/c1-4-10-17-15(16-18-11-12-19(16)3)13-6-8-14(9-7-13)20-5-2/h6-9,11-12,15,17H,4-5,10H2,1-3H3. The zero-order valence-corrected chi connectivity index (χ0v) is 13.3. The van der Waals surface area contributed by atoms with Crippen LogP contribution in [0, 0.1) is 0 Å². The van der Waals surface area contributed by atoms with E-state index in [0.29, 0.717) is 0 Å². The lowest BCUT2D eigenvalue weighted by atomic mass is 10.1. The van der Waals surface area contributed by atoms with Crippen molar-refractivity contribution < 1.29 is 0 Å². The molecule has 2 rings (SSSR count). The van der Waals surface area contributed by atoms with E-state index in [1.165, 1.54) is 10.5 Å². The van der Waals surface area contributed by atoms with Gasteiger partial charge >= 0.3 is 0 Å². The van der Waals surface area contributed by atoms with Gasteiger partial charge in [-0.15, -0.1) is 11.8 Å². The monoisotopic (exact) mass is 289 g/mol. The summed E-state index contributed by atoms with van der Waals surface area (Å²) in [5, 5.41) is 3.59. The lowest BCUT2D eigenvalue weighted by molar-refractivity contribution is 0.555. The fourth-order valence-electron chi connectivity index (χ4n) is 2.23. The van der Waals surface area contributed by atoms with E-state index in [2.05, 4.69) is 53.0 Å². The maximum absolute atomic E-state index is 4.50. The van der Waals surface area contributed by atoms with Crippen molar-refractivity contribution in [2.75, 3.05) is 12.3 Å². The van der Waals surface area contributed by atoms with E-state index in [-0.39, 0.29) is 6.04 Å². The Morgan fingerprint density at radius 3 is 2.55 bits per heavy atom. The van der Waals surface area contributed by atoms with Gasteiger partial charge in [0.05, 0.1) is 6.04 Å². The summed E-state index contributed by atoms with van der Waals surface area (Å²) in [7, 11) is 2.05. The van der Waals surface area contributed by atoms with Crippen LogP contribution in [0.5, 0.6) is 0 Å². The zero-order valence-electron chi connectivity index (χ0n) is 12.5. The van der Waals surface area contributed by atoms with Crippen molar-refractivity contribution in [3.8, 4) is 0 Å². The molecular formula is C16H23N3S. The molecule has 1 aromatic carbocycles. The minimum atomic E-state index is 0.163. The largest absolute Gasteiger partial charge is 0.336 e. The van der Waals surface area contributed by atoms with Gasteiger partial charge in [0.2, 0.25) is 0 Å². The molecule has 1 N–H and O–H groups in total. The molecule has 0 bridgehead atoms. The lowest BCUT2D eigenvalue weighted by Gasteiger charge is -2.19. The molecule has 0 aliphatic carbocycles. The predicted molar refractivity (Wildman–Crippen MR) is 86.2 cm³/mol. The van der Waals surface area contributed by atoms with Gasteiger partial charge in [0.15, 0.2) is 0 Å². The maximum atomic E-state index is 4.50. The first-order valence-electron chi connectivity index (χ1n) is 7.19. The van der Waals surface area contributed by atoms with Crippen LogP contribution in [0.15, 0.2) is 41.6 Å². The van der Waals surface area contributed by atoms with Gasteiger partial charge in [-0.05, 0) is 36.4 Å². The third kappa shape index (κ3) is 3.64. The summed E-state index contributed by atoms with van der Waals surface area (Å²) in [4.78, 5) is 5.82. The summed E-state index contributed by atoms with van der Waals surface area (Å²) in [6.45, 7) is 5.35. The molecule has 1 heterocycles. The van der Waals surface area contributed by atoms with Gasteiger partial charge in [-0.2, -0.15) is 0 Å². The molecule has 20 heavy (non-hydrogen) atoms. The second-order valence-corrected chi connectivity index (χ2v) is 6.12. The third-order valence-corrected chi connectivity index (χ3v) is 4.13. The quantitative estimate of drug-likeness (QED) is 0.790. The molecule has 2 aromatic rings. The molecule has 108 valence electrons. The van der Waals surface area contributed by atoms with Crippen LogP contribution in [0.1, 0.15) is 37.7 Å². The molecule has 0 saturated heterocycles. The number of nitrogens with one attached hydrogen (secondary N) is 1. The summed E-state index contributed by atoms with van der Waals surface area (Å²) in [5.74, 6) is 2.17. The van der Waals surface area contributed by atoms with Crippen LogP contribution >= 0.6 is 11.8 Å². The fourth-order valence-corrected chi connectivity index (χ4v) is 2.89. The Kier molecular flexibility index (Phi) is 5.68. The maximum Gasteiger partial charge on any atom is 0.130 e. The molecular weight excluding hydrogens is 266 g/mol. The second kappa shape index (κ2) is 7.50. The van der Waals surface area contributed by atoms with Crippen molar-refractivity contribution in [1.82, 2.24) is 14.9 Å². The molecule has 3 nitrogen and oxygen atoms in total. The van der Waals surface area contributed by atoms with Crippen molar-refractivity contribution in [1.29, 1.82) is 0 Å². The highest BCUT2D eigenvalue weighted by Gasteiger charge is 2.17. The van der Waals surface area contributed by atoms with E-state index in [1.807, 2.05) is 31.2 Å². The molecule has 0 saturated carbocycles.